The van der Waals surface area contributed by atoms with E-state index in [4.69, 9.17) is 105 Å². The number of fused-ring (bicyclic) bond motifs is 1. The molecule has 2 fully saturated rings. The van der Waals surface area contributed by atoms with Crippen molar-refractivity contribution in [1.82, 2.24) is 117 Å². The summed E-state index contributed by atoms with van der Waals surface area (Å²) in [6.45, 7) is -0.487. The Balaban J connectivity index is 1.75. The molecule has 14 atom stereocenters. The molecule has 51 N–H and O–H groups in total. The van der Waals surface area contributed by atoms with Crippen molar-refractivity contribution < 1.29 is 82.1 Å². The van der Waals surface area contributed by atoms with Crippen LogP contribution in [0.4, 0.5) is 4.79 Å². The van der Waals surface area contributed by atoms with Gasteiger partial charge in [-0.2, -0.15) is 11.8 Å². The zero-order valence-electron chi connectivity index (χ0n) is 80.1. The fourth-order valence-electron chi connectivity index (χ4n) is 15.1. The number of carboxylic acid groups (broad SMARTS) is 2. The van der Waals surface area contributed by atoms with Gasteiger partial charge in [-0.1, -0.05) is 48.9 Å². The third kappa shape index (κ3) is 49.2. The summed E-state index contributed by atoms with van der Waals surface area (Å²) in [5.74, 6) is -16.8. The lowest BCUT2D eigenvalue weighted by molar-refractivity contribution is -0.142. The Labute approximate surface area is 831 Å². The largest absolute Gasteiger partial charge is 0.496 e. The minimum absolute atomic E-state index is 0.00145. The second kappa shape index (κ2) is 65.4. The van der Waals surface area contributed by atoms with Gasteiger partial charge in [0.2, 0.25) is 65.0 Å². The summed E-state index contributed by atoms with van der Waals surface area (Å²) in [6, 6.07) is -4.35. The number of hydrogen-bond acceptors (Lipinski definition) is 25. The molecular formula is C85H146N40O17S. The second-order valence-electron chi connectivity index (χ2n) is 33.8. The number of benzene rings is 2. The van der Waals surface area contributed by atoms with E-state index in [1.807, 2.05) is 6.07 Å². The number of thioether (sulfide) groups is 1. The van der Waals surface area contributed by atoms with Crippen molar-refractivity contribution in [3.05, 3.63) is 54.1 Å². The average molecular weight is 2030 g/mol. The van der Waals surface area contributed by atoms with Gasteiger partial charge in [0.05, 0.1) is 19.2 Å². The van der Waals surface area contributed by atoms with Crippen LogP contribution in [0.3, 0.4) is 0 Å². The summed E-state index contributed by atoms with van der Waals surface area (Å²) in [5.41, 5.74) is 52.3. The quantitative estimate of drug-likeness (QED) is 0.0127. The molecule has 0 aromatic heterocycles. The highest BCUT2D eigenvalue weighted by Crippen LogP contribution is 2.34. The first-order chi connectivity index (χ1) is 67.9. The number of rotatable bonds is 70. The molecule has 0 spiro atoms. The van der Waals surface area contributed by atoms with E-state index in [2.05, 4.69) is 117 Å². The van der Waals surface area contributed by atoms with Crippen molar-refractivity contribution in [2.75, 3.05) is 71.8 Å². The van der Waals surface area contributed by atoms with Crippen molar-refractivity contribution >= 4 is 148 Å². The highest BCUT2D eigenvalue weighted by Gasteiger charge is 2.43. The van der Waals surface area contributed by atoms with Crippen molar-refractivity contribution in [3.63, 3.8) is 0 Å². The third-order valence-electron chi connectivity index (χ3n) is 22.4. The van der Waals surface area contributed by atoms with Crippen molar-refractivity contribution in [2.45, 2.75) is 244 Å². The smallest absolute Gasteiger partial charge is 0.326 e. The lowest BCUT2D eigenvalue weighted by Crippen LogP contribution is -2.61. The summed E-state index contributed by atoms with van der Waals surface area (Å²) < 4.78 is 5.50. The van der Waals surface area contributed by atoms with Gasteiger partial charge >= 0.3 is 18.0 Å². The summed E-state index contributed by atoms with van der Waals surface area (Å²) in [7, 11) is 1.51. The summed E-state index contributed by atoms with van der Waals surface area (Å²) in [6.07, 6.45) is -2.52. The van der Waals surface area contributed by atoms with Gasteiger partial charge in [-0.3, -0.25) is 106 Å². The van der Waals surface area contributed by atoms with E-state index < -0.39 is 204 Å². The monoisotopic (exact) mass is 2030 g/mol. The molecule has 2 aliphatic rings. The summed E-state index contributed by atoms with van der Waals surface area (Å²) in [4.78, 5) is 200. The van der Waals surface area contributed by atoms with E-state index in [0.717, 1.165) is 16.9 Å². The molecule has 2 saturated heterocycles. The van der Waals surface area contributed by atoms with Crippen molar-refractivity contribution in [1.29, 1.82) is 48.7 Å². The third-order valence-corrected chi connectivity index (χ3v) is 23.9. The van der Waals surface area contributed by atoms with E-state index in [0.29, 0.717) is 30.6 Å². The maximum atomic E-state index is 15.2. The van der Waals surface area contributed by atoms with Gasteiger partial charge in [0.15, 0.2) is 53.6 Å². The molecule has 0 bridgehead atoms. The first-order valence-corrected chi connectivity index (χ1v) is 47.9. The number of carbonyl (C=O) groups excluding carboxylic acids is 12. The number of hydrogen-bond donors (Lipinski definition) is 42. The lowest BCUT2D eigenvalue weighted by Gasteiger charge is -2.29. The molecule has 13 amide bonds. The van der Waals surface area contributed by atoms with Crippen LogP contribution in [-0.4, -0.2) is 302 Å². The minimum Gasteiger partial charge on any atom is -0.496 e. The number of carbonyl (C=O) groups is 14. The maximum Gasteiger partial charge on any atom is 0.326 e. The Bertz CT molecular complexity index is 4660. The average Bonchev–Trinajstić information content (AvgIpc) is 1.73. The van der Waals surface area contributed by atoms with E-state index in [1.165, 1.54) is 7.11 Å². The Morgan fingerprint density at radius 1 is 0.350 bits per heavy atom. The first kappa shape index (κ1) is 120. The highest BCUT2D eigenvalue weighted by atomic mass is 32.2. The van der Waals surface area contributed by atoms with Crippen molar-refractivity contribution in [3.8, 4) is 16.9 Å². The molecule has 2 aromatic carbocycles. The van der Waals surface area contributed by atoms with Crippen LogP contribution in [0.2, 0.25) is 0 Å². The molecule has 4 rings (SSSR count). The van der Waals surface area contributed by atoms with Crippen LogP contribution in [-0.2, 0) is 68.7 Å². The number of para-hydroxylation sites is 1. The maximum absolute atomic E-state index is 15.2. The predicted molar refractivity (Wildman–Crippen MR) is 534 cm³/mol. The molecule has 2 aromatic rings. The van der Waals surface area contributed by atoms with Gasteiger partial charge in [0.1, 0.15) is 72.2 Å². The number of nitrogens with two attached hydrogens (primary N) is 9. The number of ether oxygens (including phenoxy) is 1. The number of nitrogens with one attached hydrogen (secondary N) is 31. The molecular weight excluding hydrogens is 1890 g/mol. The van der Waals surface area contributed by atoms with E-state index in [-0.39, 0.29) is 217 Å². The first-order valence-electron chi connectivity index (χ1n) is 46.8. The number of urea groups is 1. The second-order valence-corrected chi connectivity index (χ2v) is 35.1. The molecule has 143 heavy (non-hydrogen) atoms. The standard InChI is InChI=1S/C85H146N40O17S/c1-142-60-25-3-2-15-47(60)46-30-28-45(29-31-46)43-58(75(139)140)123-73(137)56(24-14-42-112-84(102)103)121-74(138)57(32-33-63(127)128)122-72(136)55(23-13-41-111-83(100)101)120-71(135)54(22-12-40-110-82(98)99)119-70(134)53(21-11-39-109-81(96)97)118-69(133)52(20-10-38-108-80(94)95)117-68(132)51(19-9-37-107-79(92)93)116-67(131)50(18-8-36-106-78(90)91)115-66(130)49(17-7-35-105-77(88)89)114-65(129)48(16-6-34-104-76(86)87)113-62(126)27-5-4-26-61-64-59(44-143-61)124-85(141)125-64/h2-3,15,25,28-31,48-59,61,64H,4-14,16-24,26-27,32-44H2,1H3,(H,113,126)(H,114,129)(H,115,130)(H,116,131)(H,117,132)(H,118,133)(H,119,134)(H,120,135)(H,121,138)(H,122,136)(H,123,137)(H,127,128)(H,139,140)(H4,86,87,104)(H4,88,89,105)(H4,90,91,106)(H4,92,93,107)(H4,94,95,108)(H4,96,97,109)(H4,98,99,110)(H4,100,101,111)(H4,102,103,112)(H2,124,125,141)/t48-,49-,50-,51-,52-,53-,54-,55-,56-,57-,58-,59-,61-,64-/m0/s1. The van der Waals surface area contributed by atoms with Gasteiger partial charge < -0.3 is 184 Å². The fourth-order valence-corrected chi connectivity index (χ4v) is 16.7. The lowest BCUT2D eigenvalue weighted by atomic mass is 9.99. The van der Waals surface area contributed by atoms with Gasteiger partial charge in [-0.25, -0.2) is 9.59 Å². The van der Waals surface area contributed by atoms with Gasteiger partial charge in [-0.05, 0) is 152 Å². The number of carboxylic acids is 2. The predicted octanol–water partition coefficient (Wildman–Crippen LogP) is -8.72. The van der Waals surface area contributed by atoms with Crippen LogP contribution in [0.15, 0.2) is 48.5 Å². The molecule has 794 valence electrons. The topological polar surface area (TPSA) is 1000 Å². The van der Waals surface area contributed by atoms with Gasteiger partial charge in [0.25, 0.3) is 0 Å². The van der Waals surface area contributed by atoms with Crippen molar-refractivity contribution in [2.24, 2.45) is 51.6 Å². The number of guanidine groups is 9. The van der Waals surface area contributed by atoms with E-state index in [1.54, 1.807) is 54.2 Å². The molecule has 0 saturated carbocycles. The number of aliphatic carboxylic acids is 2. The van der Waals surface area contributed by atoms with Crippen LogP contribution in [0, 0.1) is 48.7 Å². The van der Waals surface area contributed by atoms with Gasteiger partial charge in [-0.15, -0.1) is 0 Å². The molecule has 2 aliphatic heterocycles. The Morgan fingerprint density at radius 3 is 0.881 bits per heavy atom. The van der Waals surface area contributed by atoms with E-state index >= 15 is 24.0 Å². The molecule has 58 heteroatoms. The SMILES string of the molecule is COc1ccccc1-c1ccc(C[C@H](NC(=O)[C@H](CCCNC(=N)N)NC(=O)[C@H](CCC(=O)O)NC(=O)[C@H](CCCNC(=N)N)NC(=O)[C@H](CCCNC(=N)N)NC(=O)[C@H](CCCNC(=N)N)NC(=O)[C@H](CCCNC(=N)N)NC(=O)[C@H](CCCNC(=N)N)NC(=O)[C@H](CCCNC(=N)N)NC(=O)[C@H](CCCNC(=N)N)NC(=O)[C@H](CCCNC(=N)N)NC(=O)CCCC[C@@H]2SC[C@@H]3NC(=O)N[C@@H]32)C(=O)O)cc1. The molecule has 0 unspecified atom stereocenters. The zero-order valence-corrected chi connectivity index (χ0v) is 80.9. The molecule has 0 aliphatic carbocycles. The van der Waals surface area contributed by atoms with Crippen LogP contribution in [0.1, 0.15) is 160 Å². The Hall–Kier alpha value is -15.6. The van der Waals surface area contributed by atoms with Crippen LogP contribution in [0.5, 0.6) is 5.75 Å². The van der Waals surface area contributed by atoms with E-state index in [9.17, 15) is 53.4 Å². The molecule has 0 radical (unpaired) electrons. The number of amides is 13. The number of unbranched alkanes of at least 4 members (excludes halogenated alkanes) is 1. The van der Waals surface area contributed by atoms with Crippen LogP contribution >= 0.6 is 11.8 Å². The van der Waals surface area contributed by atoms with Gasteiger partial charge in [0, 0.05) is 94.7 Å². The van der Waals surface area contributed by atoms with Crippen LogP contribution < -0.4 is 173 Å². The number of methoxy groups -OCH3 is 1. The summed E-state index contributed by atoms with van der Waals surface area (Å²) >= 11 is 1.71. The Kier molecular flexibility index (Phi) is 54.7. The minimum atomic E-state index is -1.84. The normalized spacial score (nSPS) is 15.5. The molecule has 2 heterocycles. The highest BCUT2D eigenvalue weighted by molar-refractivity contribution is 8.00. The summed E-state index contributed by atoms with van der Waals surface area (Å²) in [5, 5.41) is 148. The zero-order chi connectivity index (χ0) is 106. The Morgan fingerprint density at radius 2 is 0.615 bits per heavy atom. The fraction of sp³-hybridized carbons (Fsp3) is 0.588. The van der Waals surface area contributed by atoms with Crippen LogP contribution in [0.25, 0.3) is 11.1 Å². The molecule has 57 nitrogen and oxygen atoms in total.